The normalized spacial score (nSPS) is 11.0. The van der Waals surface area contributed by atoms with Crippen LogP contribution in [0.4, 0.5) is 0 Å². The Morgan fingerprint density at radius 3 is 2.72 bits per heavy atom. The van der Waals surface area contributed by atoms with E-state index in [1.54, 1.807) is 10.6 Å². The van der Waals surface area contributed by atoms with Crippen molar-refractivity contribution in [3.63, 3.8) is 0 Å². The van der Waals surface area contributed by atoms with Crippen molar-refractivity contribution in [1.29, 1.82) is 0 Å². The van der Waals surface area contributed by atoms with Crippen molar-refractivity contribution in [1.82, 2.24) is 9.55 Å². The Morgan fingerprint density at radius 2 is 1.94 bits per heavy atom. The van der Waals surface area contributed by atoms with Crippen LogP contribution in [0.25, 0.3) is 16.7 Å². The van der Waals surface area contributed by atoms with Gasteiger partial charge in [0.05, 0.1) is 16.7 Å². The van der Waals surface area contributed by atoms with Gasteiger partial charge in [0.15, 0.2) is 0 Å². The smallest absolute Gasteiger partial charge is 0.305 e. The molecule has 1 N–H and O–H groups in total. The summed E-state index contributed by atoms with van der Waals surface area (Å²) in [7, 11) is 0. The van der Waals surface area contributed by atoms with Crippen molar-refractivity contribution in [2.45, 2.75) is 6.92 Å². The molecule has 1 aromatic heterocycles. The molecule has 0 unspecified atom stereocenters. The van der Waals surface area contributed by atoms with E-state index in [1.165, 1.54) is 0 Å². The highest BCUT2D eigenvalue weighted by atomic mass is 35.5. The van der Waals surface area contributed by atoms with Gasteiger partial charge in [0.1, 0.15) is 0 Å². The summed E-state index contributed by atoms with van der Waals surface area (Å²) in [4.78, 5) is 14.8. The van der Waals surface area contributed by atoms with Gasteiger partial charge in [-0.3, -0.25) is 4.57 Å². The lowest BCUT2D eigenvalue weighted by atomic mass is 10.2. The van der Waals surface area contributed by atoms with Gasteiger partial charge in [0.2, 0.25) is 0 Å². The first-order valence-electron chi connectivity index (χ1n) is 5.63. The third-order valence-electron chi connectivity index (χ3n) is 3.00. The van der Waals surface area contributed by atoms with E-state index in [9.17, 15) is 4.79 Å². The summed E-state index contributed by atoms with van der Waals surface area (Å²) in [5.74, 6) is 0. The largest absolute Gasteiger partial charge is 0.331 e. The Labute approximate surface area is 109 Å². The predicted octanol–water partition coefficient (Wildman–Crippen LogP) is 3.28. The Bertz CT molecular complexity index is 786. The average Bonchev–Trinajstić information content (AvgIpc) is 2.69. The molecule has 18 heavy (non-hydrogen) atoms. The standard InChI is InChI=1S/C14H11ClN2O/c1-9-6-7-10(8-11(9)15)17-13-5-3-2-4-12(13)16-14(17)18/h2-8H,1H3,(H,16,18). The Hall–Kier alpha value is -2.00. The first kappa shape index (κ1) is 11.1. The second kappa shape index (κ2) is 4.03. The molecule has 0 radical (unpaired) electrons. The molecule has 2 aromatic carbocycles. The fourth-order valence-corrected chi connectivity index (χ4v) is 2.21. The van der Waals surface area contributed by atoms with Gasteiger partial charge >= 0.3 is 5.69 Å². The fourth-order valence-electron chi connectivity index (χ4n) is 2.03. The molecule has 3 rings (SSSR count). The molecule has 90 valence electrons. The molecule has 1 heterocycles. The van der Waals surface area contributed by atoms with Crippen molar-refractivity contribution in [3.8, 4) is 5.69 Å². The van der Waals surface area contributed by atoms with Gasteiger partial charge in [-0.1, -0.05) is 29.8 Å². The van der Waals surface area contributed by atoms with Crippen LogP contribution in [-0.2, 0) is 0 Å². The maximum Gasteiger partial charge on any atom is 0.331 e. The second-order valence-electron chi connectivity index (χ2n) is 4.22. The summed E-state index contributed by atoms with van der Waals surface area (Å²) in [5.41, 5.74) is 3.28. The first-order valence-corrected chi connectivity index (χ1v) is 6.01. The maximum atomic E-state index is 12.0. The number of hydrogen-bond donors (Lipinski definition) is 1. The van der Waals surface area contributed by atoms with Crippen molar-refractivity contribution in [2.75, 3.05) is 0 Å². The van der Waals surface area contributed by atoms with Gasteiger partial charge in [-0.25, -0.2) is 4.79 Å². The van der Waals surface area contributed by atoms with Gasteiger partial charge in [0, 0.05) is 5.02 Å². The van der Waals surface area contributed by atoms with E-state index in [0.29, 0.717) is 5.02 Å². The number of hydrogen-bond acceptors (Lipinski definition) is 1. The zero-order valence-electron chi connectivity index (χ0n) is 9.77. The summed E-state index contributed by atoms with van der Waals surface area (Å²) in [6.45, 7) is 1.93. The van der Waals surface area contributed by atoms with Crippen LogP contribution in [0.2, 0.25) is 5.02 Å². The quantitative estimate of drug-likeness (QED) is 0.715. The van der Waals surface area contributed by atoms with E-state index in [0.717, 1.165) is 22.3 Å². The van der Waals surface area contributed by atoms with Gasteiger partial charge < -0.3 is 4.98 Å². The molecule has 0 spiro atoms. The van der Waals surface area contributed by atoms with Crippen LogP contribution in [0.1, 0.15) is 5.56 Å². The molecule has 0 saturated heterocycles. The SMILES string of the molecule is Cc1ccc(-n2c(=O)[nH]c3ccccc32)cc1Cl. The Balaban J connectivity index is 2.34. The molecule has 3 nitrogen and oxygen atoms in total. The van der Waals surface area contributed by atoms with Crippen LogP contribution < -0.4 is 5.69 Å². The number of imidazole rings is 1. The van der Waals surface area contributed by atoms with Crippen molar-refractivity contribution in [3.05, 3.63) is 63.5 Å². The summed E-state index contributed by atoms with van der Waals surface area (Å²) >= 11 is 6.11. The van der Waals surface area contributed by atoms with Gasteiger partial charge in [-0.15, -0.1) is 0 Å². The van der Waals surface area contributed by atoms with E-state index in [1.807, 2.05) is 43.3 Å². The van der Waals surface area contributed by atoms with Crippen molar-refractivity contribution < 1.29 is 0 Å². The highest BCUT2D eigenvalue weighted by Crippen LogP contribution is 2.21. The third kappa shape index (κ3) is 1.64. The molecule has 0 aliphatic heterocycles. The minimum Gasteiger partial charge on any atom is -0.305 e. The van der Waals surface area contributed by atoms with Crippen molar-refractivity contribution >= 4 is 22.6 Å². The number of benzene rings is 2. The minimum atomic E-state index is -0.156. The number of fused-ring (bicyclic) bond motifs is 1. The molecule has 0 amide bonds. The number of aromatic nitrogens is 2. The second-order valence-corrected chi connectivity index (χ2v) is 4.62. The summed E-state index contributed by atoms with van der Waals surface area (Å²) in [5, 5.41) is 0.657. The highest BCUT2D eigenvalue weighted by Gasteiger charge is 2.08. The minimum absolute atomic E-state index is 0.156. The van der Waals surface area contributed by atoms with E-state index >= 15 is 0 Å². The Kier molecular flexibility index (Phi) is 2.49. The van der Waals surface area contributed by atoms with Crippen LogP contribution in [0.5, 0.6) is 0 Å². The van der Waals surface area contributed by atoms with E-state index in [-0.39, 0.29) is 5.69 Å². The molecule has 3 aromatic rings. The lowest BCUT2D eigenvalue weighted by Gasteiger charge is -2.05. The maximum absolute atomic E-state index is 12.0. The lowest BCUT2D eigenvalue weighted by molar-refractivity contribution is 1.01. The molecule has 0 atom stereocenters. The number of H-pyrrole nitrogens is 1. The molecular weight excluding hydrogens is 248 g/mol. The number of aryl methyl sites for hydroxylation is 1. The summed E-state index contributed by atoms with van der Waals surface area (Å²) in [6, 6.07) is 13.2. The molecule has 4 heteroatoms. The van der Waals surface area contributed by atoms with Crippen molar-refractivity contribution in [2.24, 2.45) is 0 Å². The Morgan fingerprint density at radius 1 is 1.17 bits per heavy atom. The number of nitrogens with zero attached hydrogens (tertiary/aromatic N) is 1. The monoisotopic (exact) mass is 258 g/mol. The number of rotatable bonds is 1. The van der Waals surface area contributed by atoms with E-state index in [2.05, 4.69) is 4.98 Å². The highest BCUT2D eigenvalue weighted by molar-refractivity contribution is 6.31. The lowest BCUT2D eigenvalue weighted by Crippen LogP contribution is -2.14. The average molecular weight is 259 g/mol. The fraction of sp³-hybridized carbons (Fsp3) is 0.0714. The van der Waals surface area contributed by atoms with Gasteiger partial charge in [0.25, 0.3) is 0 Å². The molecule has 0 saturated carbocycles. The molecule has 0 aliphatic carbocycles. The molecular formula is C14H11ClN2O. The van der Waals surface area contributed by atoms with Gasteiger partial charge in [-0.2, -0.15) is 0 Å². The third-order valence-corrected chi connectivity index (χ3v) is 3.41. The van der Waals surface area contributed by atoms with E-state index in [4.69, 9.17) is 11.6 Å². The molecule has 0 bridgehead atoms. The number of para-hydroxylation sites is 2. The number of halogens is 1. The first-order chi connectivity index (χ1) is 8.66. The topological polar surface area (TPSA) is 37.8 Å². The van der Waals surface area contributed by atoms with E-state index < -0.39 is 0 Å². The predicted molar refractivity (Wildman–Crippen MR) is 73.6 cm³/mol. The van der Waals surface area contributed by atoms with Gasteiger partial charge in [-0.05, 0) is 36.8 Å². The summed E-state index contributed by atoms with van der Waals surface area (Å²) in [6.07, 6.45) is 0. The van der Waals surface area contributed by atoms with Crippen LogP contribution in [0.3, 0.4) is 0 Å². The van der Waals surface area contributed by atoms with Crippen LogP contribution in [0, 0.1) is 6.92 Å². The van der Waals surface area contributed by atoms with Crippen LogP contribution in [0.15, 0.2) is 47.3 Å². The number of nitrogens with one attached hydrogen (secondary N) is 1. The zero-order chi connectivity index (χ0) is 12.7. The molecule has 0 aliphatic rings. The zero-order valence-corrected chi connectivity index (χ0v) is 10.5. The molecule has 0 fully saturated rings. The van der Waals surface area contributed by atoms with Crippen LogP contribution in [-0.4, -0.2) is 9.55 Å². The number of aromatic amines is 1. The van der Waals surface area contributed by atoms with Crippen LogP contribution >= 0.6 is 11.6 Å². The summed E-state index contributed by atoms with van der Waals surface area (Å²) < 4.78 is 1.63.